The highest BCUT2D eigenvalue weighted by atomic mass is 28.3. The smallest absolute Gasteiger partial charge is 0.350 e. The van der Waals surface area contributed by atoms with Crippen molar-refractivity contribution < 1.29 is 8.85 Å². The Morgan fingerprint density at radius 1 is 1.25 bits per heavy atom. The standard InChI is InChI=1S/C8H20O2Si2/c1-8(7-12(4,5)6)11(9-2)10-3/h11H,1,7H2,2-6H3. The Hall–Kier alpha value is 0.0938. The lowest BCUT2D eigenvalue weighted by Crippen LogP contribution is -2.29. The molecule has 72 valence electrons. The minimum Gasteiger partial charge on any atom is -0.397 e. The molecule has 0 aromatic carbocycles. The summed E-state index contributed by atoms with van der Waals surface area (Å²) < 4.78 is 10.5. The fraction of sp³-hybridized carbons (Fsp3) is 0.750. The Balaban J connectivity index is 4.02. The fourth-order valence-corrected chi connectivity index (χ4v) is 5.92. The van der Waals surface area contributed by atoms with Gasteiger partial charge in [-0.05, 0) is 11.2 Å². The molecule has 0 amide bonds. The third-order valence-corrected chi connectivity index (χ3v) is 5.17. The first-order valence-corrected chi connectivity index (χ1v) is 9.36. The molecular formula is C8H20O2Si2. The van der Waals surface area contributed by atoms with Gasteiger partial charge in [-0.2, -0.15) is 0 Å². The van der Waals surface area contributed by atoms with Gasteiger partial charge in [-0.1, -0.05) is 26.2 Å². The van der Waals surface area contributed by atoms with E-state index in [1.807, 2.05) is 0 Å². The summed E-state index contributed by atoms with van der Waals surface area (Å²) in [5, 5.41) is 1.19. The lowest BCUT2D eigenvalue weighted by Gasteiger charge is -2.20. The molecule has 0 aromatic heterocycles. The molecular weight excluding hydrogens is 184 g/mol. The van der Waals surface area contributed by atoms with Crippen LogP contribution in [0.2, 0.25) is 25.7 Å². The maximum absolute atomic E-state index is 5.25. The molecule has 2 nitrogen and oxygen atoms in total. The van der Waals surface area contributed by atoms with Gasteiger partial charge in [-0.15, -0.1) is 0 Å². The molecule has 0 heterocycles. The zero-order valence-corrected chi connectivity index (χ0v) is 11.0. The van der Waals surface area contributed by atoms with Crippen molar-refractivity contribution >= 4 is 17.4 Å². The molecule has 0 aromatic rings. The van der Waals surface area contributed by atoms with Crippen LogP contribution in [0.15, 0.2) is 11.8 Å². The van der Waals surface area contributed by atoms with Crippen molar-refractivity contribution in [2.45, 2.75) is 25.7 Å². The number of hydrogen-bond donors (Lipinski definition) is 0. The van der Waals surface area contributed by atoms with Gasteiger partial charge < -0.3 is 8.85 Å². The van der Waals surface area contributed by atoms with Crippen LogP contribution in [0.3, 0.4) is 0 Å². The molecule has 4 heteroatoms. The average Bonchev–Trinajstić information content (AvgIpc) is 1.85. The van der Waals surface area contributed by atoms with E-state index in [1.54, 1.807) is 14.2 Å². The lowest BCUT2D eigenvalue weighted by molar-refractivity contribution is 0.287. The molecule has 0 atom stereocenters. The highest BCUT2D eigenvalue weighted by molar-refractivity contribution is 6.78. The summed E-state index contributed by atoms with van der Waals surface area (Å²) in [6.07, 6.45) is 0. The summed E-state index contributed by atoms with van der Waals surface area (Å²) in [7, 11) is 0.822. The average molecular weight is 204 g/mol. The van der Waals surface area contributed by atoms with E-state index in [-0.39, 0.29) is 0 Å². The van der Waals surface area contributed by atoms with E-state index in [9.17, 15) is 0 Å². The molecule has 0 spiro atoms. The molecule has 0 aliphatic heterocycles. The molecule has 0 bridgehead atoms. The van der Waals surface area contributed by atoms with E-state index >= 15 is 0 Å². The minimum atomic E-state index is -1.55. The van der Waals surface area contributed by atoms with Gasteiger partial charge in [0.15, 0.2) is 0 Å². The Morgan fingerprint density at radius 3 is 1.92 bits per heavy atom. The van der Waals surface area contributed by atoms with Gasteiger partial charge in [0.2, 0.25) is 0 Å². The highest BCUT2D eigenvalue weighted by Gasteiger charge is 2.21. The molecule has 0 radical (unpaired) electrons. The molecule has 12 heavy (non-hydrogen) atoms. The monoisotopic (exact) mass is 204 g/mol. The van der Waals surface area contributed by atoms with Crippen molar-refractivity contribution in [1.29, 1.82) is 0 Å². The maximum atomic E-state index is 5.25. The number of hydrogen-bond acceptors (Lipinski definition) is 2. The first kappa shape index (κ1) is 12.1. The zero-order chi connectivity index (χ0) is 9.78. The van der Waals surface area contributed by atoms with Crippen LogP contribution in [0.1, 0.15) is 0 Å². The van der Waals surface area contributed by atoms with Crippen molar-refractivity contribution in [3.8, 4) is 0 Å². The third-order valence-electron chi connectivity index (χ3n) is 1.52. The van der Waals surface area contributed by atoms with Gasteiger partial charge in [-0.3, -0.25) is 0 Å². The molecule has 0 saturated heterocycles. The van der Waals surface area contributed by atoms with Gasteiger partial charge in [0, 0.05) is 22.3 Å². The van der Waals surface area contributed by atoms with E-state index in [1.165, 1.54) is 5.20 Å². The van der Waals surface area contributed by atoms with E-state index in [0.717, 1.165) is 6.04 Å². The predicted octanol–water partition coefficient (Wildman–Crippen LogP) is 1.93. The van der Waals surface area contributed by atoms with Crippen LogP contribution in [0.5, 0.6) is 0 Å². The zero-order valence-electron chi connectivity index (χ0n) is 8.81. The SMILES string of the molecule is C=C(C[Si](C)(C)C)[SiH](OC)OC. The topological polar surface area (TPSA) is 18.5 Å². The largest absolute Gasteiger partial charge is 0.397 e. The predicted molar refractivity (Wildman–Crippen MR) is 58.5 cm³/mol. The van der Waals surface area contributed by atoms with Crippen molar-refractivity contribution in [3.05, 3.63) is 11.8 Å². The van der Waals surface area contributed by atoms with Crippen molar-refractivity contribution in [2.24, 2.45) is 0 Å². The van der Waals surface area contributed by atoms with Crippen molar-refractivity contribution in [2.75, 3.05) is 14.2 Å². The molecule has 0 saturated carbocycles. The minimum absolute atomic E-state index is 1.04. The second kappa shape index (κ2) is 4.96. The Bertz CT molecular complexity index is 148. The Labute approximate surface area is 78.4 Å². The maximum Gasteiger partial charge on any atom is 0.350 e. The van der Waals surface area contributed by atoms with Crippen LogP contribution in [0, 0.1) is 0 Å². The summed E-state index contributed by atoms with van der Waals surface area (Å²) in [6, 6.07) is 1.12. The van der Waals surface area contributed by atoms with Gasteiger partial charge in [0.1, 0.15) is 0 Å². The van der Waals surface area contributed by atoms with Gasteiger partial charge >= 0.3 is 9.28 Å². The van der Waals surface area contributed by atoms with E-state index in [0.29, 0.717) is 0 Å². The molecule has 0 rings (SSSR count). The van der Waals surface area contributed by atoms with Crippen molar-refractivity contribution in [1.82, 2.24) is 0 Å². The van der Waals surface area contributed by atoms with E-state index in [2.05, 4.69) is 26.2 Å². The van der Waals surface area contributed by atoms with Gasteiger partial charge in [-0.25, -0.2) is 0 Å². The quantitative estimate of drug-likeness (QED) is 0.637. The lowest BCUT2D eigenvalue weighted by atomic mass is 10.7. The normalized spacial score (nSPS) is 12.2. The first-order valence-electron chi connectivity index (χ1n) is 4.14. The van der Waals surface area contributed by atoms with Crippen molar-refractivity contribution in [3.63, 3.8) is 0 Å². The van der Waals surface area contributed by atoms with Gasteiger partial charge in [0.05, 0.1) is 0 Å². The highest BCUT2D eigenvalue weighted by Crippen LogP contribution is 2.17. The summed E-state index contributed by atoms with van der Waals surface area (Å²) in [5.41, 5.74) is 0. The van der Waals surface area contributed by atoms with E-state index in [4.69, 9.17) is 8.85 Å². The summed E-state index contributed by atoms with van der Waals surface area (Å²) in [6.45, 7) is 11.0. The first-order chi connectivity index (χ1) is 5.40. The fourth-order valence-electron chi connectivity index (χ4n) is 1.19. The van der Waals surface area contributed by atoms with Crippen LogP contribution < -0.4 is 0 Å². The van der Waals surface area contributed by atoms with Crippen LogP contribution in [0.25, 0.3) is 0 Å². The molecule has 0 aliphatic rings. The number of allylic oxidation sites excluding steroid dienone is 1. The third kappa shape index (κ3) is 4.87. The van der Waals surface area contributed by atoms with Crippen LogP contribution >= 0.6 is 0 Å². The van der Waals surface area contributed by atoms with Gasteiger partial charge in [0.25, 0.3) is 0 Å². The number of rotatable bonds is 5. The summed E-state index contributed by atoms with van der Waals surface area (Å²) in [4.78, 5) is 0. The van der Waals surface area contributed by atoms with E-state index < -0.39 is 17.4 Å². The molecule has 0 fully saturated rings. The van der Waals surface area contributed by atoms with Crippen LogP contribution in [0.4, 0.5) is 0 Å². The second-order valence-electron chi connectivity index (χ2n) is 4.20. The molecule has 0 aliphatic carbocycles. The Morgan fingerprint density at radius 2 is 1.67 bits per heavy atom. The Kier molecular flexibility index (Phi) is 5.00. The van der Waals surface area contributed by atoms with Crippen LogP contribution in [-0.2, 0) is 8.85 Å². The summed E-state index contributed by atoms with van der Waals surface area (Å²) in [5.74, 6) is 0. The second-order valence-corrected chi connectivity index (χ2v) is 12.1. The summed E-state index contributed by atoms with van der Waals surface area (Å²) >= 11 is 0. The molecule has 0 unspecified atom stereocenters. The van der Waals surface area contributed by atoms with Crippen LogP contribution in [-0.4, -0.2) is 31.6 Å². The molecule has 0 N–H and O–H groups in total.